The number of nitrogens with one attached hydrogen (secondary N) is 2. The molecule has 146 valence electrons. The van der Waals surface area contributed by atoms with Crippen molar-refractivity contribution < 1.29 is 9.59 Å². The van der Waals surface area contributed by atoms with Crippen molar-refractivity contribution >= 4 is 28.8 Å². The smallest absolute Gasteiger partial charge is 0.273 e. The van der Waals surface area contributed by atoms with E-state index >= 15 is 0 Å². The van der Waals surface area contributed by atoms with Gasteiger partial charge in [0.15, 0.2) is 5.69 Å². The van der Waals surface area contributed by atoms with Crippen LogP contribution in [0.3, 0.4) is 0 Å². The van der Waals surface area contributed by atoms with Crippen LogP contribution in [-0.4, -0.2) is 33.6 Å². The first-order chi connectivity index (χ1) is 13.4. The van der Waals surface area contributed by atoms with Crippen LogP contribution in [0.15, 0.2) is 35.8 Å². The molecular formula is C20H23N5O2S. The Balaban J connectivity index is 1.68. The van der Waals surface area contributed by atoms with Crippen LogP contribution in [0.2, 0.25) is 0 Å². The van der Waals surface area contributed by atoms with Gasteiger partial charge in [0.05, 0.1) is 17.8 Å². The first-order valence-corrected chi connectivity index (χ1v) is 9.85. The van der Waals surface area contributed by atoms with Crippen molar-refractivity contribution in [2.45, 2.75) is 26.2 Å². The maximum Gasteiger partial charge on any atom is 0.273 e. The van der Waals surface area contributed by atoms with E-state index < -0.39 is 0 Å². The fourth-order valence-corrected chi connectivity index (χ4v) is 3.58. The number of amides is 2. The number of benzene rings is 1. The molecule has 2 heterocycles. The molecule has 3 aromatic rings. The Morgan fingerprint density at radius 2 is 1.93 bits per heavy atom. The minimum atomic E-state index is -0.350. The Morgan fingerprint density at radius 3 is 2.57 bits per heavy atom. The lowest BCUT2D eigenvalue weighted by Gasteiger charge is -2.05. The summed E-state index contributed by atoms with van der Waals surface area (Å²) in [5, 5.41) is 12.1. The number of aromatic nitrogens is 3. The van der Waals surface area contributed by atoms with Crippen LogP contribution >= 0.6 is 11.3 Å². The van der Waals surface area contributed by atoms with Crippen LogP contribution in [0.5, 0.6) is 0 Å². The Hall–Kier alpha value is -3.00. The third-order valence-electron chi connectivity index (χ3n) is 4.26. The third-order valence-corrected chi connectivity index (χ3v) is 5.20. The molecular weight excluding hydrogens is 374 g/mol. The van der Waals surface area contributed by atoms with Gasteiger partial charge >= 0.3 is 0 Å². The fraction of sp³-hybridized carbons (Fsp3) is 0.300. The number of hydrogen-bond acceptors (Lipinski definition) is 5. The van der Waals surface area contributed by atoms with Gasteiger partial charge in [-0.05, 0) is 11.5 Å². The van der Waals surface area contributed by atoms with Crippen molar-refractivity contribution in [3.8, 4) is 10.6 Å². The van der Waals surface area contributed by atoms with E-state index in [1.807, 2.05) is 5.38 Å². The summed E-state index contributed by atoms with van der Waals surface area (Å²) in [7, 11) is 3.21. The molecule has 2 amide bonds. The molecule has 3 rings (SSSR count). The lowest BCUT2D eigenvalue weighted by molar-refractivity contribution is -0.115. The molecule has 0 radical (unpaired) electrons. The van der Waals surface area contributed by atoms with Gasteiger partial charge in [0, 0.05) is 31.2 Å². The van der Waals surface area contributed by atoms with Crippen molar-refractivity contribution in [2.24, 2.45) is 7.05 Å². The molecule has 0 aliphatic heterocycles. The highest BCUT2D eigenvalue weighted by atomic mass is 32.1. The zero-order valence-electron chi connectivity index (χ0n) is 16.3. The monoisotopic (exact) mass is 397 g/mol. The number of anilines is 1. The highest BCUT2D eigenvalue weighted by Crippen LogP contribution is 2.26. The minimum Gasteiger partial charge on any atom is -0.354 e. The van der Waals surface area contributed by atoms with E-state index in [-0.39, 0.29) is 23.9 Å². The van der Waals surface area contributed by atoms with Crippen LogP contribution < -0.4 is 10.6 Å². The third kappa shape index (κ3) is 4.45. The molecule has 2 N–H and O–H groups in total. The minimum absolute atomic E-state index is 0.128. The van der Waals surface area contributed by atoms with E-state index in [2.05, 4.69) is 58.8 Å². The van der Waals surface area contributed by atoms with Gasteiger partial charge in [0.25, 0.3) is 5.91 Å². The second-order valence-corrected chi connectivity index (χ2v) is 7.65. The highest BCUT2D eigenvalue weighted by Gasteiger charge is 2.17. The zero-order valence-corrected chi connectivity index (χ0v) is 17.1. The molecule has 0 fully saturated rings. The molecule has 1 aromatic carbocycles. The maximum absolute atomic E-state index is 12.4. The number of carbonyl (C=O) groups is 2. The summed E-state index contributed by atoms with van der Waals surface area (Å²) in [6, 6.07) is 8.33. The van der Waals surface area contributed by atoms with Crippen molar-refractivity contribution in [1.29, 1.82) is 0 Å². The number of hydrogen-bond donors (Lipinski definition) is 2. The molecule has 7 nitrogen and oxygen atoms in total. The average Bonchev–Trinajstić information content (AvgIpc) is 3.27. The largest absolute Gasteiger partial charge is 0.354 e. The number of aryl methyl sites for hydroxylation is 1. The Kier molecular flexibility index (Phi) is 5.89. The summed E-state index contributed by atoms with van der Waals surface area (Å²) in [4.78, 5) is 28.8. The summed E-state index contributed by atoms with van der Waals surface area (Å²) in [5.74, 6) is -0.112. The lowest BCUT2D eigenvalue weighted by Crippen LogP contribution is -2.22. The molecule has 0 saturated heterocycles. The van der Waals surface area contributed by atoms with E-state index in [0.29, 0.717) is 17.3 Å². The zero-order chi connectivity index (χ0) is 20.3. The fourth-order valence-electron chi connectivity index (χ4n) is 2.76. The summed E-state index contributed by atoms with van der Waals surface area (Å²) in [6.45, 7) is 4.32. The molecule has 0 spiro atoms. The van der Waals surface area contributed by atoms with Crippen LogP contribution in [0.4, 0.5) is 5.69 Å². The molecule has 28 heavy (non-hydrogen) atoms. The van der Waals surface area contributed by atoms with Crippen molar-refractivity contribution in [2.75, 3.05) is 12.4 Å². The number of thiazole rings is 1. The second kappa shape index (κ2) is 8.35. The normalized spacial score (nSPS) is 10.9. The first-order valence-electron chi connectivity index (χ1n) is 8.97. The molecule has 2 aromatic heterocycles. The summed E-state index contributed by atoms with van der Waals surface area (Å²) < 4.78 is 1.49. The summed E-state index contributed by atoms with van der Waals surface area (Å²) in [5.41, 5.74) is 3.57. The van der Waals surface area contributed by atoms with E-state index in [1.54, 1.807) is 13.2 Å². The molecule has 8 heteroatoms. The van der Waals surface area contributed by atoms with Crippen LogP contribution in [0.1, 0.15) is 41.5 Å². The molecule has 0 aliphatic rings. The van der Waals surface area contributed by atoms with E-state index in [0.717, 1.165) is 10.6 Å². The highest BCUT2D eigenvalue weighted by molar-refractivity contribution is 7.13. The van der Waals surface area contributed by atoms with Crippen molar-refractivity contribution in [3.63, 3.8) is 0 Å². The summed E-state index contributed by atoms with van der Waals surface area (Å²) in [6.07, 6.45) is 1.73. The first kappa shape index (κ1) is 19.8. The summed E-state index contributed by atoms with van der Waals surface area (Å²) >= 11 is 1.51. The SMILES string of the molecule is CNC(=O)c1nn(C)cc1NC(=O)Cc1csc(-c2ccc(C(C)C)cc2)n1. The second-order valence-electron chi connectivity index (χ2n) is 6.79. The molecule has 0 atom stereocenters. The Labute approximate surface area is 167 Å². The van der Waals surface area contributed by atoms with E-state index in [9.17, 15) is 9.59 Å². The lowest BCUT2D eigenvalue weighted by atomic mass is 10.0. The molecule has 0 aliphatic carbocycles. The van der Waals surface area contributed by atoms with Crippen LogP contribution in [0, 0.1) is 0 Å². The van der Waals surface area contributed by atoms with Gasteiger partial charge in [-0.3, -0.25) is 14.3 Å². The maximum atomic E-state index is 12.4. The molecule has 0 bridgehead atoms. The number of carbonyl (C=O) groups excluding carboxylic acids is 2. The van der Waals surface area contributed by atoms with Gasteiger partial charge in [-0.2, -0.15) is 5.10 Å². The topological polar surface area (TPSA) is 88.9 Å². The Morgan fingerprint density at radius 1 is 1.21 bits per heavy atom. The van der Waals surface area contributed by atoms with Crippen molar-refractivity contribution in [1.82, 2.24) is 20.1 Å². The van der Waals surface area contributed by atoms with Gasteiger partial charge in [-0.15, -0.1) is 11.3 Å². The van der Waals surface area contributed by atoms with Gasteiger partial charge in [-0.25, -0.2) is 4.98 Å². The quantitative estimate of drug-likeness (QED) is 0.668. The Bertz CT molecular complexity index is 988. The predicted molar refractivity (Wildman–Crippen MR) is 111 cm³/mol. The predicted octanol–water partition coefficient (Wildman–Crippen LogP) is 3.21. The van der Waals surface area contributed by atoms with E-state index in [1.165, 1.54) is 28.6 Å². The molecule has 0 unspecified atom stereocenters. The van der Waals surface area contributed by atoms with Crippen LogP contribution in [0.25, 0.3) is 10.6 Å². The number of rotatable bonds is 6. The van der Waals surface area contributed by atoms with Gasteiger partial charge in [-0.1, -0.05) is 38.1 Å². The number of nitrogens with zero attached hydrogens (tertiary/aromatic N) is 3. The van der Waals surface area contributed by atoms with Crippen molar-refractivity contribution in [3.05, 3.63) is 52.8 Å². The molecule has 0 saturated carbocycles. The van der Waals surface area contributed by atoms with Gasteiger partial charge < -0.3 is 10.6 Å². The van der Waals surface area contributed by atoms with Crippen LogP contribution in [-0.2, 0) is 18.3 Å². The average molecular weight is 398 g/mol. The van der Waals surface area contributed by atoms with Gasteiger partial charge in [0.1, 0.15) is 5.01 Å². The van der Waals surface area contributed by atoms with Gasteiger partial charge in [0.2, 0.25) is 5.91 Å². The van der Waals surface area contributed by atoms with E-state index in [4.69, 9.17) is 0 Å². The standard InChI is InChI=1S/C20H23N5O2S/c1-12(2)13-5-7-14(8-6-13)20-22-15(11-28-20)9-17(26)23-16-10-25(4)24-18(16)19(27)21-3/h5-8,10-12H,9H2,1-4H3,(H,21,27)(H,23,26).